The number of carbonyl (C=O) groups is 2. The standard InChI is InChI=1S/C19H24N2O6S2/c1-14(2)11-20-17(22)12-27-18(23)13-26-16-8-6-15(7-9-16)21(3)29(24,25)19-5-4-10-28-19/h4-10,14H,11-13H2,1-3H3,(H,20,22). The molecule has 0 unspecified atom stereocenters. The highest BCUT2D eigenvalue weighted by molar-refractivity contribution is 7.94. The fraction of sp³-hybridized carbons (Fsp3) is 0.368. The number of thiophene rings is 1. The molecular formula is C19H24N2O6S2. The summed E-state index contributed by atoms with van der Waals surface area (Å²) in [7, 11) is -2.15. The minimum absolute atomic E-state index is 0.250. The number of nitrogens with zero attached hydrogens (tertiary/aromatic N) is 1. The highest BCUT2D eigenvalue weighted by atomic mass is 32.2. The number of sulfonamides is 1. The zero-order valence-corrected chi connectivity index (χ0v) is 18.1. The predicted octanol–water partition coefficient (Wildman–Crippen LogP) is 2.27. The van der Waals surface area contributed by atoms with Gasteiger partial charge >= 0.3 is 5.97 Å². The van der Waals surface area contributed by atoms with Gasteiger partial charge in [-0.2, -0.15) is 0 Å². The molecule has 0 aliphatic heterocycles. The van der Waals surface area contributed by atoms with E-state index in [-0.39, 0.29) is 23.3 Å². The van der Waals surface area contributed by atoms with Gasteiger partial charge in [-0.25, -0.2) is 13.2 Å². The average Bonchev–Trinajstić information content (AvgIpc) is 3.24. The van der Waals surface area contributed by atoms with E-state index in [2.05, 4.69) is 5.32 Å². The molecule has 0 aliphatic rings. The molecule has 0 bridgehead atoms. The topological polar surface area (TPSA) is 102 Å². The zero-order valence-electron chi connectivity index (χ0n) is 16.5. The van der Waals surface area contributed by atoms with Gasteiger partial charge in [-0.3, -0.25) is 9.10 Å². The van der Waals surface area contributed by atoms with Gasteiger partial charge in [0.1, 0.15) is 9.96 Å². The van der Waals surface area contributed by atoms with Crippen LogP contribution in [0.25, 0.3) is 0 Å². The molecule has 0 atom stereocenters. The van der Waals surface area contributed by atoms with Crippen LogP contribution in [-0.2, 0) is 24.3 Å². The van der Waals surface area contributed by atoms with E-state index in [0.717, 1.165) is 11.3 Å². The quantitative estimate of drug-likeness (QED) is 0.569. The molecule has 0 spiro atoms. The molecule has 158 valence electrons. The summed E-state index contributed by atoms with van der Waals surface area (Å²) >= 11 is 1.14. The lowest BCUT2D eigenvalue weighted by molar-refractivity contribution is -0.150. The second-order valence-electron chi connectivity index (χ2n) is 6.55. The normalized spacial score (nSPS) is 11.2. The molecule has 10 heteroatoms. The zero-order chi connectivity index (χ0) is 21.4. The molecule has 1 aromatic carbocycles. The van der Waals surface area contributed by atoms with E-state index >= 15 is 0 Å². The Bertz CT molecular complexity index is 909. The Morgan fingerprint density at radius 3 is 2.41 bits per heavy atom. The van der Waals surface area contributed by atoms with Crippen molar-refractivity contribution in [2.45, 2.75) is 18.1 Å². The molecule has 1 heterocycles. The van der Waals surface area contributed by atoms with Crippen molar-refractivity contribution in [2.75, 3.05) is 31.1 Å². The van der Waals surface area contributed by atoms with Crippen LogP contribution < -0.4 is 14.4 Å². The van der Waals surface area contributed by atoms with Crippen LogP contribution in [0.1, 0.15) is 13.8 Å². The van der Waals surface area contributed by atoms with Crippen LogP contribution in [-0.4, -0.2) is 47.1 Å². The number of amides is 1. The van der Waals surface area contributed by atoms with Crippen molar-refractivity contribution in [3.8, 4) is 5.75 Å². The summed E-state index contributed by atoms with van der Waals surface area (Å²) in [4.78, 5) is 23.2. The molecule has 8 nitrogen and oxygen atoms in total. The van der Waals surface area contributed by atoms with E-state index < -0.39 is 16.0 Å². The summed E-state index contributed by atoms with van der Waals surface area (Å²) < 4.78 is 36.6. The number of carbonyl (C=O) groups excluding carboxylic acids is 2. The molecule has 1 N–H and O–H groups in total. The number of anilines is 1. The monoisotopic (exact) mass is 440 g/mol. The minimum atomic E-state index is -3.61. The molecule has 2 aromatic rings. The van der Waals surface area contributed by atoms with Gasteiger partial charge in [-0.15, -0.1) is 11.3 Å². The van der Waals surface area contributed by atoms with E-state index in [4.69, 9.17) is 9.47 Å². The summed E-state index contributed by atoms with van der Waals surface area (Å²) in [6, 6.07) is 9.48. The van der Waals surface area contributed by atoms with Crippen LogP contribution in [0.3, 0.4) is 0 Å². The van der Waals surface area contributed by atoms with Crippen molar-refractivity contribution in [2.24, 2.45) is 5.92 Å². The van der Waals surface area contributed by atoms with E-state index in [9.17, 15) is 18.0 Å². The molecule has 0 aliphatic carbocycles. The lowest BCUT2D eigenvalue weighted by Gasteiger charge is -2.18. The molecule has 2 rings (SSSR count). The van der Waals surface area contributed by atoms with Gasteiger partial charge in [0.2, 0.25) is 0 Å². The van der Waals surface area contributed by atoms with Crippen molar-refractivity contribution < 1.29 is 27.5 Å². The van der Waals surface area contributed by atoms with Gasteiger partial charge in [0.05, 0.1) is 5.69 Å². The summed E-state index contributed by atoms with van der Waals surface area (Å²) in [5, 5.41) is 4.34. The van der Waals surface area contributed by atoms with Crippen LogP contribution in [0.5, 0.6) is 5.75 Å². The molecular weight excluding hydrogens is 416 g/mol. The summed E-state index contributed by atoms with van der Waals surface area (Å²) in [6.07, 6.45) is 0. The first kappa shape index (κ1) is 22.7. The van der Waals surface area contributed by atoms with E-state index in [1.807, 2.05) is 13.8 Å². The molecule has 0 fully saturated rings. The summed E-state index contributed by atoms with van der Waals surface area (Å²) in [5.41, 5.74) is 0.454. The number of rotatable bonds is 10. The first-order valence-electron chi connectivity index (χ1n) is 8.87. The highest BCUT2D eigenvalue weighted by Gasteiger charge is 2.22. The smallest absolute Gasteiger partial charge is 0.344 e. The van der Waals surface area contributed by atoms with Crippen molar-refractivity contribution in [1.82, 2.24) is 5.32 Å². The fourth-order valence-corrected chi connectivity index (χ4v) is 4.49. The second kappa shape index (κ2) is 10.3. The maximum absolute atomic E-state index is 12.5. The maximum atomic E-state index is 12.5. The van der Waals surface area contributed by atoms with E-state index in [1.54, 1.807) is 41.8 Å². The second-order valence-corrected chi connectivity index (χ2v) is 9.69. The van der Waals surface area contributed by atoms with Gasteiger partial charge < -0.3 is 14.8 Å². The third kappa shape index (κ3) is 6.75. The van der Waals surface area contributed by atoms with Crippen molar-refractivity contribution in [3.05, 3.63) is 41.8 Å². The van der Waals surface area contributed by atoms with Gasteiger partial charge in [0.25, 0.3) is 15.9 Å². The first-order valence-corrected chi connectivity index (χ1v) is 11.2. The third-order valence-corrected chi connectivity index (χ3v) is 6.90. The average molecular weight is 441 g/mol. The van der Waals surface area contributed by atoms with E-state index in [1.165, 1.54) is 11.4 Å². The number of esters is 1. The highest BCUT2D eigenvalue weighted by Crippen LogP contribution is 2.26. The van der Waals surface area contributed by atoms with Crippen molar-refractivity contribution >= 4 is 38.9 Å². The lowest BCUT2D eigenvalue weighted by atomic mass is 10.2. The molecule has 1 amide bonds. The molecule has 0 radical (unpaired) electrons. The number of benzene rings is 1. The van der Waals surface area contributed by atoms with E-state index in [0.29, 0.717) is 23.9 Å². The number of hydrogen-bond acceptors (Lipinski definition) is 7. The number of hydrogen-bond donors (Lipinski definition) is 1. The Labute approximate surface area is 174 Å². The van der Waals surface area contributed by atoms with Gasteiger partial charge in [0.15, 0.2) is 13.2 Å². The first-order chi connectivity index (χ1) is 13.7. The van der Waals surface area contributed by atoms with Gasteiger partial charge in [0, 0.05) is 13.6 Å². The van der Waals surface area contributed by atoms with Crippen LogP contribution in [0, 0.1) is 5.92 Å². The Balaban J connectivity index is 1.83. The van der Waals surface area contributed by atoms with Gasteiger partial charge in [-0.05, 0) is 41.6 Å². The fourth-order valence-electron chi connectivity index (χ4n) is 2.14. The molecule has 29 heavy (non-hydrogen) atoms. The number of nitrogens with one attached hydrogen (secondary N) is 1. The Morgan fingerprint density at radius 2 is 1.83 bits per heavy atom. The summed E-state index contributed by atoms with van der Waals surface area (Å²) in [6.45, 7) is 3.71. The maximum Gasteiger partial charge on any atom is 0.344 e. The number of ether oxygens (including phenoxy) is 2. The van der Waals surface area contributed by atoms with Crippen LogP contribution >= 0.6 is 11.3 Å². The Morgan fingerprint density at radius 1 is 1.14 bits per heavy atom. The van der Waals surface area contributed by atoms with Gasteiger partial charge in [-0.1, -0.05) is 19.9 Å². The van der Waals surface area contributed by atoms with Crippen LogP contribution in [0.4, 0.5) is 5.69 Å². The van der Waals surface area contributed by atoms with Crippen molar-refractivity contribution in [1.29, 1.82) is 0 Å². The molecule has 0 saturated carbocycles. The molecule has 1 aromatic heterocycles. The minimum Gasteiger partial charge on any atom is -0.482 e. The third-order valence-electron chi connectivity index (χ3n) is 3.74. The Kier molecular flexibility index (Phi) is 8.03. The molecule has 0 saturated heterocycles. The van der Waals surface area contributed by atoms with Crippen LogP contribution in [0.2, 0.25) is 0 Å². The van der Waals surface area contributed by atoms with Crippen LogP contribution in [0.15, 0.2) is 46.0 Å². The Hall–Kier alpha value is -2.59. The lowest BCUT2D eigenvalue weighted by Crippen LogP contribution is -2.32. The summed E-state index contributed by atoms with van der Waals surface area (Å²) in [5.74, 6) is -0.366. The SMILES string of the molecule is CC(C)CNC(=O)COC(=O)COc1ccc(N(C)S(=O)(=O)c2cccs2)cc1. The van der Waals surface area contributed by atoms with Crippen molar-refractivity contribution in [3.63, 3.8) is 0 Å². The predicted molar refractivity (Wildman–Crippen MR) is 111 cm³/mol. The largest absolute Gasteiger partial charge is 0.482 e.